The molecule has 1 nitrogen and oxygen atoms in total. The van der Waals surface area contributed by atoms with E-state index in [1.165, 1.54) is 48.5 Å². The molecule has 0 spiro atoms. The maximum Gasteiger partial charge on any atom is 0.131 e. The van der Waals surface area contributed by atoms with Crippen LogP contribution in [0.3, 0.4) is 0 Å². The first kappa shape index (κ1) is 14.6. The predicted molar refractivity (Wildman–Crippen MR) is 78.8 cm³/mol. The predicted octanol–water partition coefficient (Wildman–Crippen LogP) is 4.73. The van der Waals surface area contributed by atoms with Crippen molar-refractivity contribution in [1.82, 2.24) is 0 Å². The second kappa shape index (κ2) is 7.05. The van der Waals surface area contributed by atoms with Crippen molar-refractivity contribution in [1.29, 1.82) is 0 Å². The highest BCUT2D eigenvalue weighted by Crippen LogP contribution is 2.21. The minimum atomic E-state index is -1.29. The van der Waals surface area contributed by atoms with Crippen molar-refractivity contribution in [3.8, 4) is 0 Å². The first-order chi connectivity index (χ1) is 8.22. The van der Waals surface area contributed by atoms with Gasteiger partial charge in [-0.25, -0.2) is 0 Å². The molecule has 0 bridgehead atoms. The number of hydrogen-bond acceptors (Lipinski definition) is 1. The monoisotopic (exact) mass is 252 g/mol. The lowest BCUT2D eigenvalue weighted by atomic mass is 10.2. The van der Waals surface area contributed by atoms with Crippen LogP contribution in [0.2, 0.25) is 18.1 Å². The van der Waals surface area contributed by atoms with Gasteiger partial charge in [0.25, 0.3) is 0 Å². The molecule has 0 saturated carbocycles. The average Bonchev–Trinajstić information content (AvgIpc) is 2.82. The van der Waals surface area contributed by atoms with E-state index in [0.717, 1.165) is 6.42 Å². The molecule has 2 heteroatoms. The summed E-state index contributed by atoms with van der Waals surface area (Å²) in [7, 11) is -1.29. The lowest BCUT2D eigenvalue weighted by Crippen LogP contribution is -2.44. The Morgan fingerprint density at radius 3 is 2.12 bits per heavy atom. The van der Waals surface area contributed by atoms with E-state index in [1.54, 1.807) is 0 Å². The van der Waals surface area contributed by atoms with E-state index >= 15 is 0 Å². The first-order valence-electron chi connectivity index (χ1n) is 7.31. The zero-order chi connectivity index (χ0) is 12.7. The van der Waals surface area contributed by atoms with E-state index in [0.29, 0.717) is 0 Å². The van der Waals surface area contributed by atoms with Crippen LogP contribution in [0.15, 0.2) is 16.5 Å². The van der Waals surface area contributed by atoms with Crippen LogP contribution in [0.4, 0.5) is 0 Å². The summed E-state index contributed by atoms with van der Waals surface area (Å²) < 4.78 is 6.13. The highest BCUT2D eigenvalue weighted by molar-refractivity contribution is 6.90. The molecule has 0 amide bonds. The van der Waals surface area contributed by atoms with Gasteiger partial charge in [-0.1, -0.05) is 58.7 Å². The van der Waals surface area contributed by atoms with Gasteiger partial charge in [0.15, 0.2) is 0 Å². The third-order valence-electron chi connectivity index (χ3n) is 4.24. The van der Waals surface area contributed by atoms with Gasteiger partial charge in [0.2, 0.25) is 0 Å². The smallest absolute Gasteiger partial charge is 0.131 e. The van der Waals surface area contributed by atoms with Crippen molar-refractivity contribution >= 4 is 13.5 Å². The topological polar surface area (TPSA) is 13.1 Å². The second-order valence-corrected chi connectivity index (χ2v) is 10.2. The highest BCUT2D eigenvalue weighted by atomic mass is 28.3. The van der Waals surface area contributed by atoms with Gasteiger partial charge in [0.05, 0.1) is 5.38 Å². The molecule has 0 aliphatic rings. The molecule has 0 aromatic carbocycles. The van der Waals surface area contributed by atoms with Crippen LogP contribution >= 0.6 is 0 Å². The summed E-state index contributed by atoms with van der Waals surface area (Å²) in [5.41, 5.74) is 0. The van der Waals surface area contributed by atoms with Gasteiger partial charge < -0.3 is 4.42 Å². The summed E-state index contributed by atoms with van der Waals surface area (Å²) in [4.78, 5) is 0. The van der Waals surface area contributed by atoms with Gasteiger partial charge in [-0.15, -0.1) is 0 Å². The van der Waals surface area contributed by atoms with Crippen molar-refractivity contribution in [2.24, 2.45) is 0 Å². The van der Waals surface area contributed by atoms with Crippen LogP contribution in [0.1, 0.15) is 52.7 Å². The fraction of sp³-hybridized carbons (Fsp3) is 0.733. The molecule has 0 unspecified atom stereocenters. The van der Waals surface area contributed by atoms with Gasteiger partial charge in [-0.05, 0) is 18.6 Å². The van der Waals surface area contributed by atoms with E-state index in [2.05, 4.69) is 39.8 Å². The minimum Gasteiger partial charge on any atom is -0.471 e. The SMILES string of the molecule is CCCCCc1ccc([Si](CC)(CC)CC)o1. The van der Waals surface area contributed by atoms with Crippen LogP contribution in [0.5, 0.6) is 0 Å². The summed E-state index contributed by atoms with van der Waals surface area (Å²) in [6, 6.07) is 8.41. The van der Waals surface area contributed by atoms with E-state index in [9.17, 15) is 0 Å². The van der Waals surface area contributed by atoms with Crippen molar-refractivity contribution in [3.05, 3.63) is 17.9 Å². The van der Waals surface area contributed by atoms with Crippen molar-refractivity contribution in [2.75, 3.05) is 0 Å². The molecule has 0 atom stereocenters. The summed E-state index contributed by atoms with van der Waals surface area (Å²) in [6.07, 6.45) is 4.98. The van der Waals surface area contributed by atoms with E-state index in [-0.39, 0.29) is 0 Å². The molecule has 1 aromatic rings. The largest absolute Gasteiger partial charge is 0.471 e. The van der Waals surface area contributed by atoms with Crippen LogP contribution in [-0.4, -0.2) is 8.07 Å². The Morgan fingerprint density at radius 1 is 0.941 bits per heavy atom. The number of unbranched alkanes of at least 4 members (excludes halogenated alkanes) is 2. The molecular formula is C15H28OSi. The third kappa shape index (κ3) is 3.48. The first-order valence-corrected chi connectivity index (χ1v) is 9.93. The Morgan fingerprint density at radius 2 is 1.59 bits per heavy atom. The highest BCUT2D eigenvalue weighted by Gasteiger charge is 2.32. The van der Waals surface area contributed by atoms with Gasteiger partial charge >= 0.3 is 0 Å². The molecule has 98 valence electrons. The standard InChI is InChI=1S/C15H28OSi/c1-5-9-10-11-14-12-13-15(16-14)17(6-2,7-3)8-4/h12-13H,5-11H2,1-4H3. The maximum atomic E-state index is 6.13. The fourth-order valence-corrected chi connectivity index (χ4v) is 5.95. The Kier molecular flexibility index (Phi) is 6.04. The van der Waals surface area contributed by atoms with Crippen molar-refractivity contribution in [2.45, 2.75) is 71.5 Å². The van der Waals surface area contributed by atoms with Gasteiger partial charge in [0.1, 0.15) is 13.8 Å². The fourth-order valence-electron chi connectivity index (χ4n) is 2.62. The van der Waals surface area contributed by atoms with E-state index in [4.69, 9.17) is 4.42 Å². The Balaban J connectivity index is 2.71. The quantitative estimate of drug-likeness (QED) is 0.481. The average molecular weight is 252 g/mol. The summed E-state index contributed by atoms with van der Waals surface area (Å²) in [5, 5.41) is 1.34. The Labute approximate surface area is 108 Å². The van der Waals surface area contributed by atoms with Crippen LogP contribution in [-0.2, 0) is 6.42 Å². The van der Waals surface area contributed by atoms with Gasteiger partial charge in [0, 0.05) is 6.42 Å². The molecule has 0 N–H and O–H groups in total. The molecule has 0 saturated heterocycles. The Bertz CT molecular complexity index is 304. The molecule has 1 aromatic heterocycles. The van der Waals surface area contributed by atoms with Crippen LogP contribution in [0.25, 0.3) is 0 Å². The molecule has 0 aliphatic heterocycles. The molecule has 17 heavy (non-hydrogen) atoms. The Hall–Kier alpha value is -0.503. The van der Waals surface area contributed by atoms with Crippen LogP contribution < -0.4 is 5.38 Å². The number of furan rings is 1. The third-order valence-corrected chi connectivity index (χ3v) is 9.62. The molecular weight excluding hydrogens is 224 g/mol. The van der Waals surface area contributed by atoms with E-state index < -0.39 is 8.07 Å². The zero-order valence-electron chi connectivity index (χ0n) is 12.0. The summed E-state index contributed by atoms with van der Waals surface area (Å²) >= 11 is 0. The molecule has 0 fully saturated rings. The molecule has 0 radical (unpaired) electrons. The van der Waals surface area contributed by atoms with Crippen molar-refractivity contribution in [3.63, 3.8) is 0 Å². The summed E-state index contributed by atoms with van der Waals surface area (Å²) in [5.74, 6) is 1.21. The maximum absolute atomic E-state index is 6.13. The lowest BCUT2D eigenvalue weighted by Gasteiger charge is -2.24. The summed E-state index contributed by atoms with van der Waals surface area (Å²) in [6.45, 7) is 9.24. The van der Waals surface area contributed by atoms with E-state index in [1.807, 2.05) is 0 Å². The second-order valence-electron chi connectivity index (χ2n) is 5.06. The number of hydrogen-bond donors (Lipinski definition) is 0. The number of rotatable bonds is 8. The lowest BCUT2D eigenvalue weighted by molar-refractivity contribution is 0.517. The molecule has 0 aliphatic carbocycles. The minimum absolute atomic E-state index is 1.12. The van der Waals surface area contributed by atoms with Crippen LogP contribution in [0, 0.1) is 0 Å². The normalized spacial score (nSPS) is 12.0. The zero-order valence-corrected chi connectivity index (χ0v) is 13.0. The molecule has 1 rings (SSSR count). The molecule has 1 heterocycles. The van der Waals surface area contributed by atoms with Crippen molar-refractivity contribution < 1.29 is 4.42 Å². The van der Waals surface area contributed by atoms with Gasteiger partial charge in [-0.3, -0.25) is 0 Å². The van der Waals surface area contributed by atoms with Gasteiger partial charge in [-0.2, -0.15) is 0 Å². The number of aryl methyl sites for hydroxylation is 1.